The zero-order chi connectivity index (χ0) is 25.2. The third kappa shape index (κ3) is 5.50. The van der Waals surface area contributed by atoms with Crippen LogP contribution < -0.4 is 0 Å². The summed E-state index contributed by atoms with van der Waals surface area (Å²) in [5, 5.41) is 78.1. The fraction of sp³-hybridized carbons (Fsp3) is 0.545. The van der Waals surface area contributed by atoms with Gasteiger partial charge in [0.25, 0.3) is 0 Å². The molecule has 0 bridgehead atoms. The molecule has 186 valence electrons. The van der Waals surface area contributed by atoms with Gasteiger partial charge in [-0.2, -0.15) is 0 Å². The smallest absolute Gasteiger partial charge is 0.147 e. The monoisotopic (exact) mass is 518 g/mol. The number of ether oxygens (including phenoxy) is 2. The Balaban J connectivity index is 1.80. The fourth-order valence-corrected chi connectivity index (χ4v) is 3.91. The van der Waals surface area contributed by atoms with Gasteiger partial charge in [0.2, 0.25) is 0 Å². The van der Waals surface area contributed by atoms with Gasteiger partial charge in [-0.25, -0.2) is 0 Å². The molecule has 1 aromatic carbocycles. The molecular weight excluding hydrogens is 495 g/mol. The van der Waals surface area contributed by atoms with Gasteiger partial charge >= 0.3 is 0 Å². The van der Waals surface area contributed by atoms with Crippen molar-refractivity contribution in [3.05, 3.63) is 33.3 Å². The molecule has 2 heterocycles. The van der Waals surface area contributed by atoms with Crippen LogP contribution in [0.4, 0.5) is 0 Å². The summed E-state index contributed by atoms with van der Waals surface area (Å²) in [4.78, 5) is 0. The van der Waals surface area contributed by atoms with Gasteiger partial charge in [-0.15, -0.1) is 0 Å². The maximum absolute atomic E-state index is 10.1. The van der Waals surface area contributed by atoms with E-state index >= 15 is 0 Å². The minimum Gasteiger partial charge on any atom is -0.394 e. The molecule has 0 aromatic heterocycles. The summed E-state index contributed by atoms with van der Waals surface area (Å²) in [6, 6.07) is 2.95. The lowest BCUT2D eigenvalue weighted by atomic mass is 9.95. The summed E-state index contributed by atoms with van der Waals surface area (Å²) in [5.74, 6) is 10.5. The highest BCUT2D eigenvalue weighted by Crippen LogP contribution is 2.29. The Labute approximate surface area is 204 Å². The molecule has 3 rings (SSSR count). The minimum atomic E-state index is -1.57. The lowest BCUT2D eigenvalue weighted by Gasteiger charge is -2.37. The standard InChI is InChI=1S/C22H24Cl2O10/c23-15-9(3-5-11-17(27)21(31)19(29)13(7-25)33-11)1-2-10(16(15)24)4-6-12-18(28)22(32)20(30)14(8-26)34-12/h1-2,11-14,17-22,25-32H,7-8H2. The van der Waals surface area contributed by atoms with Crippen molar-refractivity contribution in [2.75, 3.05) is 13.2 Å². The van der Waals surface area contributed by atoms with E-state index in [1.165, 1.54) is 12.1 Å². The summed E-state index contributed by atoms with van der Waals surface area (Å²) in [6.07, 6.45) is -13.8. The van der Waals surface area contributed by atoms with Crippen LogP contribution in [0.15, 0.2) is 12.1 Å². The van der Waals surface area contributed by atoms with Gasteiger partial charge in [-0.3, -0.25) is 0 Å². The Hall–Kier alpha value is -1.48. The normalized spacial score (nSPS) is 37.8. The van der Waals surface area contributed by atoms with Gasteiger partial charge in [0.15, 0.2) is 0 Å². The molecule has 12 heteroatoms. The molecule has 2 aliphatic heterocycles. The van der Waals surface area contributed by atoms with Crippen LogP contribution in [0.3, 0.4) is 0 Å². The van der Waals surface area contributed by atoms with Crippen LogP contribution >= 0.6 is 23.2 Å². The predicted octanol–water partition coefficient (Wildman–Crippen LogP) is -2.62. The molecule has 0 radical (unpaired) electrons. The van der Waals surface area contributed by atoms with Crippen LogP contribution in [0.25, 0.3) is 0 Å². The Morgan fingerprint density at radius 1 is 0.618 bits per heavy atom. The molecule has 0 spiro atoms. The SMILES string of the molecule is OCC1OC(C#Cc2ccc(C#CC3OC(CO)C(O)C(O)C3O)c(Cl)c2Cl)C(O)C(O)C1O. The topological polar surface area (TPSA) is 180 Å². The molecule has 10 nitrogen and oxygen atoms in total. The summed E-state index contributed by atoms with van der Waals surface area (Å²) in [5.41, 5.74) is 0.476. The average Bonchev–Trinajstić information content (AvgIpc) is 2.83. The van der Waals surface area contributed by atoms with Crippen LogP contribution in [0.2, 0.25) is 10.0 Å². The number of benzene rings is 1. The fourth-order valence-electron chi connectivity index (χ4n) is 3.48. The first kappa shape index (κ1) is 27.1. The third-order valence-electron chi connectivity index (χ3n) is 5.57. The molecule has 8 N–H and O–H groups in total. The van der Waals surface area contributed by atoms with E-state index in [4.69, 9.17) is 32.7 Å². The summed E-state index contributed by atoms with van der Waals surface area (Å²) in [6.45, 7) is -1.17. The maximum atomic E-state index is 10.1. The van der Waals surface area contributed by atoms with Gasteiger partial charge in [-0.1, -0.05) is 46.9 Å². The average molecular weight is 519 g/mol. The van der Waals surface area contributed by atoms with Crippen molar-refractivity contribution < 1.29 is 50.3 Å². The largest absolute Gasteiger partial charge is 0.394 e. The molecule has 2 aliphatic rings. The lowest BCUT2D eigenvalue weighted by Crippen LogP contribution is -2.58. The van der Waals surface area contributed by atoms with Crippen molar-refractivity contribution >= 4 is 23.2 Å². The number of hydrogen-bond donors (Lipinski definition) is 8. The second-order valence-electron chi connectivity index (χ2n) is 7.83. The zero-order valence-electron chi connectivity index (χ0n) is 17.5. The molecule has 0 aliphatic carbocycles. The van der Waals surface area contributed by atoms with Crippen molar-refractivity contribution in [2.24, 2.45) is 0 Å². The quantitative estimate of drug-likeness (QED) is 0.193. The summed E-state index contributed by atoms with van der Waals surface area (Å²) >= 11 is 12.6. The lowest BCUT2D eigenvalue weighted by molar-refractivity contribution is -0.214. The third-order valence-corrected chi connectivity index (χ3v) is 6.45. The van der Waals surface area contributed by atoms with Crippen molar-refractivity contribution in [3.8, 4) is 23.7 Å². The van der Waals surface area contributed by atoms with Gasteiger partial charge in [-0.05, 0) is 12.1 Å². The van der Waals surface area contributed by atoms with Crippen molar-refractivity contribution in [3.63, 3.8) is 0 Å². The first-order chi connectivity index (χ1) is 16.1. The first-order valence-electron chi connectivity index (χ1n) is 10.2. The van der Waals surface area contributed by atoms with E-state index in [0.717, 1.165) is 0 Å². The van der Waals surface area contributed by atoms with Crippen molar-refractivity contribution in [1.82, 2.24) is 0 Å². The van der Waals surface area contributed by atoms with Crippen LogP contribution in [0.5, 0.6) is 0 Å². The molecular formula is C22H24Cl2O10. The predicted molar refractivity (Wildman–Crippen MR) is 118 cm³/mol. The molecule has 10 atom stereocenters. The second-order valence-corrected chi connectivity index (χ2v) is 8.58. The Kier molecular flexibility index (Phi) is 9.17. The number of halogens is 2. The van der Waals surface area contributed by atoms with Crippen LogP contribution in [0, 0.1) is 23.7 Å². The second kappa shape index (κ2) is 11.5. The van der Waals surface area contributed by atoms with E-state index in [0.29, 0.717) is 0 Å². The summed E-state index contributed by atoms with van der Waals surface area (Å²) < 4.78 is 10.6. The van der Waals surface area contributed by atoms with E-state index in [1.54, 1.807) is 0 Å². The minimum absolute atomic E-state index is 0.0133. The van der Waals surface area contributed by atoms with E-state index < -0.39 is 74.3 Å². The van der Waals surface area contributed by atoms with Gasteiger partial charge in [0.05, 0.1) is 23.3 Å². The number of aliphatic hydroxyl groups excluding tert-OH is 8. The molecule has 2 fully saturated rings. The Bertz CT molecular complexity index is 916. The molecule has 2 saturated heterocycles. The molecule has 0 saturated carbocycles. The van der Waals surface area contributed by atoms with Crippen molar-refractivity contribution in [1.29, 1.82) is 0 Å². The zero-order valence-corrected chi connectivity index (χ0v) is 19.0. The van der Waals surface area contributed by atoms with Gasteiger partial charge in [0.1, 0.15) is 61.0 Å². The van der Waals surface area contributed by atoms with E-state index in [2.05, 4.69) is 23.7 Å². The van der Waals surface area contributed by atoms with E-state index in [9.17, 15) is 40.9 Å². The highest BCUT2D eigenvalue weighted by atomic mass is 35.5. The van der Waals surface area contributed by atoms with Crippen LogP contribution in [0.1, 0.15) is 11.1 Å². The van der Waals surface area contributed by atoms with Gasteiger partial charge in [0, 0.05) is 11.1 Å². The van der Waals surface area contributed by atoms with Crippen LogP contribution in [-0.2, 0) is 9.47 Å². The maximum Gasteiger partial charge on any atom is 0.147 e. The molecule has 1 aromatic rings. The number of hydrogen-bond acceptors (Lipinski definition) is 10. The molecule has 10 unspecified atom stereocenters. The first-order valence-corrected chi connectivity index (χ1v) is 11.0. The highest BCUT2D eigenvalue weighted by Gasteiger charge is 2.43. The van der Waals surface area contributed by atoms with Gasteiger partial charge < -0.3 is 50.3 Å². The molecule has 34 heavy (non-hydrogen) atoms. The highest BCUT2D eigenvalue weighted by molar-refractivity contribution is 6.43. The summed E-state index contributed by atoms with van der Waals surface area (Å²) in [7, 11) is 0. The molecule has 0 amide bonds. The number of aliphatic hydroxyl groups is 8. The van der Waals surface area contributed by atoms with Crippen LogP contribution in [-0.4, -0.2) is 115 Å². The number of rotatable bonds is 2. The Morgan fingerprint density at radius 3 is 1.29 bits per heavy atom. The van der Waals surface area contributed by atoms with Crippen molar-refractivity contribution in [2.45, 2.75) is 61.0 Å². The Morgan fingerprint density at radius 2 is 0.971 bits per heavy atom. The van der Waals surface area contributed by atoms with E-state index in [1.807, 2.05) is 0 Å². The van der Waals surface area contributed by atoms with E-state index in [-0.39, 0.29) is 21.2 Å².